The molecule has 1 aliphatic heterocycles. The zero-order valence-corrected chi connectivity index (χ0v) is 23.2. The molecule has 0 atom stereocenters. The molecule has 2 fully saturated rings. The summed E-state index contributed by atoms with van der Waals surface area (Å²) in [5.74, 6) is -0.0287. The summed E-state index contributed by atoms with van der Waals surface area (Å²) in [5.41, 5.74) is 4.65. The Kier molecular flexibility index (Phi) is 8.79. The molecule has 0 radical (unpaired) electrons. The van der Waals surface area contributed by atoms with Gasteiger partial charge in [-0.25, -0.2) is 0 Å². The van der Waals surface area contributed by atoms with E-state index in [-0.39, 0.29) is 30.2 Å². The Bertz CT molecular complexity index is 1290. The molecule has 7 nitrogen and oxygen atoms in total. The van der Waals surface area contributed by atoms with Crippen LogP contribution in [0.3, 0.4) is 0 Å². The Balaban J connectivity index is 1.15. The summed E-state index contributed by atoms with van der Waals surface area (Å²) in [7, 11) is 0. The van der Waals surface area contributed by atoms with Gasteiger partial charge in [0.25, 0.3) is 5.91 Å². The minimum atomic E-state index is -0.196. The number of nitrogens with one attached hydrogen (secondary N) is 1. The second-order valence-corrected chi connectivity index (χ2v) is 10.9. The lowest BCUT2D eigenvalue weighted by Crippen LogP contribution is -2.48. The van der Waals surface area contributed by atoms with E-state index in [4.69, 9.17) is 0 Å². The van der Waals surface area contributed by atoms with Gasteiger partial charge >= 0.3 is 0 Å². The number of hydrogen-bond acceptors (Lipinski definition) is 4. The molecule has 0 aromatic heterocycles. The van der Waals surface area contributed by atoms with Gasteiger partial charge in [0.1, 0.15) is 6.54 Å². The second-order valence-electron chi connectivity index (χ2n) is 10.9. The average molecular weight is 539 g/mol. The van der Waals surface area contributed by atoms with Gasteiger partial charge in [0.2, 0.25) is 11.8 Å². The molecule has 0 spiro atoms. The fourth-order valence-corrected chi connectivity index (χ4v) is 5.62. The predicted molar refractivity (Wildman–Crippen MR) is 158 cm³/mol. The number of amides is 3. The molecule has 208 valence electrons. The quantitative estimate of drug-likeness (QED) is 0.432. The average Bonchev–Trinajstić information content (AvgIpc) is 3.53. The summed E-state index contributed by atoms with van der Waals surface area (Å²) >= 11 is 0. The van der Waals surface area contributed by atoms with Crippen molar-refractivity contribution in [2.75, 3.05) is 42.9 Å². The number of carbonyl (C=O) groups excluding carboxylic acids is 3. The molecule has 3 aromatic carbocycles. The summed E-state index contributed by atoms with van der Waals surface area (Å²) in [6, 6.07) is 25.4. The van der Waals surface area contributed by atoms with Crippen molar-refractivity contribution in [3.05, 3.63) is 95.6 Å². The smallest absolute Gasteiger partial charge is 0.253 e. The summed E-state index contributed by atoms with van der Waals surface area (Å²) in [4.78, 5) is 44.9. The Hall–Kier alpha value is -4.13. The maximum atomic E-state index is 13.2. The first-order chi connectivity index (χ1) is 19.5. The third-order valence-corrected chi connectivity index (χ3v) is 7.95. The van der Waals surface area contributed by atoms with Crippen LogP contribution in [0.15, 0.2) is 78.9 Å². The monoisotopic (exact) mass is 538 g/mol. The molecule has 1 N–H and O–H groups in total. The lowest BCUT2D eigenvalue weighted by atomic mass is 10.1. The highest BCUT2D eigenvalue weighted by Crippen LogP contribution is 2.27. The van der Waals surface area contributed by atoms with Crippen LogP contribution < -0.4 is 10.2 Å². The molecule has 7 heteroatoms. The lowest BCUT2D eigenvalue weighted by Gasteiger charge is -2.36. The van der Waals surface area contributed by atoms with E-state index in [9.17, 15) is 14.4 Å². The number of piperazine rings is 1. The van der Waals surface area contributed by atoms with Gasteiger partial charge < -0.3 is 20.0 Å². The Labute approximate surface area is 236 Å². The molecule has 0 unspecified atom stereocenters. The molecule has 40 heavy (non-hydrogen) atoms. The van der Waals surface area contributed by atoms with Crippen LogP contribution in [0.25, 0.3) is 0 Å². The Morgan fingerprint density at radius 1 is 0.825 bits per heavy atom. The number of carbonyl (C=O) groups is 3. The summed E-state index contributed by atoms with van der Waals surface area (Å²) < 4.78 is 0. The highest BCUT2D eigenvalue weighted by molar-refractivity contribution is 5.95. The van der Waals surface area contributed by atoms with Crippen LogP contribution in [0.1, 0.15) is 47.2 Å². The number of anilines is 2. The van der Waals surface area contributed by atoms with Gasteiger partial charge in [-0.05, 0) is 61.7 Å². The van der Waals surface area contributed by atoms with Crippen LogP contribution in [0.4, 0.5) is 11.4 Å². The van der Waals surface area contributed by atoms with E-state index < -0.39 is 0 Å². The fraction of sp³-hybridized carbons (Fsp3) is 0.364. The Morgan fingerprint density at radius 2 is 1.48 bits per heavy atom. The van der Waals surface area contributed by atoms with Crippen molar-refractivity contribution in [2.24, 2.45) is 5.92 Å². The van der Waals surface area contributed by atoms with E-state index >= 15 is 0 Å². The standard InChI is InChI=1S/C33H38N4O3/c1-25-11-13-28(14-12-25)32(39)36-21-19-35(20-22-36)30-17-15-29(16-18-30)34-31(38)24-37(23-26-7-3-2-4-8-26)33(40)27-9-5-6-10-27/h2-4,7-8,11-18,27H,5-6,9-10,19-24H2,1H3,(H,34,38). The highest BCUT2D eigenvalue weighted by Gasteiger charge is 2.28. The second kappa shape index (κ2) is 12.8. The van der Waals surface area contributed by atoms with E-state index in [0.717, 1.165) is 61.2 Å². The van der Waals surface area contributed by atoms with E-state index in [1.807, 2.05) is 90.7 Å². The van der Waals surface area contributed by atoms with Crippen LogP contribution in [0, 0.1) is 12.8 Å². The molecule has 1 saturated carbocycles. The van der Waals surface area contributed by atoms with Crippen LogP contribution in [-0.4, -0.2) is 60.2 Å². The molecule has 0 bridgehead atoms. The third-order valence-electron chi connectivity index (χ3n) is 7.95. The molecule has 3 aromatic rings. The van der Waals surface area contributed by atoms with E-state index in [1.54, 1.807) is 4.90 Å². The Morgan fingerprint density at radius 3 is 2.12 bits per heavy atom. The van der Waals surface area contributed by atoms with E-state index in [1.165, 1.54) is 0 Å². The first-order valence-corrected chi connectivity index (χ1v) is 14.3. The van der Waals surface area contributed by atoms with Gasteiger partial charge in [-0.2, -0.15) is 0 Å². The molecule has 3 amide bonds. The molecule has 1 aliphatic carbocycles. The predicted octanol–water partition coefficient (Wildman–Crippen LogP) is 5.11. The maximum absolute atomic E-state index is 13.2. The maximum Gasteiger partial charge on any atom is 0.253 e. The number of benzene rings is 3. The van der Waals surface area contributed by atoms with Gasteiger partial charge in [-0.1, -0.05) is 60.9 Å². The molecular weight excluding hydrogens is 500 g/mol. The molecule has 5 rings (SSSR count). The SMILES string of the molecule is Cc1ccc(C(=O)N2CCN(c3ccc(NC(=O)CN(Cc4ccccc4)C(=O)C4CCCC4)cc3)CC2)cc1. The zero-order valence-electron chi connectivity index (χ0n) is 23.2. The molecule has 1 saturated heterocycles. The van der Waals surface area contributed by atoms with Crippen molar-refractivity contribution in [1.29, 1.82) is 0 Å². The highest BCUT2D eigenvalue weighted by atomic mass is 16.2. The minimum Gasteiger partial charge on any atom is -0.368 e. The third kappa shape index (κ3) is 6.89. The van der Waals surface area contributed by atoms with Crippen molar-refractivity contribution in [1.82, 2.24) is 9.80 Å². The number of rotatable bonds is 8. The van der Waals surface area contributed by atoms with Crippen LogP contribution >= 0.6 is 0 Å². The van der Waals surface area contributed by atoms with Crippen LogP contribution in [-0.2, 0) is 16.1 Å². The summed E-state index contributed by atoms with van der Waals surface area (Å²) in [6.45, 7) is 5.31. The van der Waals surface area contributed by atoms with Gasteiger partial charge in [0.05, 0.1) is 0 Å². The molecule has 2 aliphatic rings. The summed E-state index contributed by atoms with van der Waals surface area (Å²) in [6.07, 6.45) is 3.96. The van der Waals surface area contributed by atoms with Crippen molar-refractivity contribution in [2.45, 2.75) is 39.2 Å². The van der Waals surface area contributed by atoms with Gasteiger partial charge in [-0.3, -0.25) is 14.4 Å². The van der Waals surface area contributed by atoms with Crippen LogP contribution in [0.2, 0.25) is 0 Å². The van der Waals surface area contributed by atoms with E-state index in [0.29, 0.717) is 25.3 Å². The van der Waals surface area contributed by atoms with Gasteiger partial charge in [0, 0.05) is 55.6 Å². The van der Waals surface area contributed by atoms with Crippen molar-refractivity contribution < 1.29 is 14.4 Å². The van der Waals surface area contributed by atoms with Crippen molar-refractivity contribution in [3.63, 3.8) is 0 Å². The fourth-order valence-electron chi connectivity index (χ4n) is 5.62. The lowest BCUT2D eigenvalue weighted by molar-refractivity contribution is -0.138. The van der Waals surface area contributed by atoms with Crippen LogP contribution in [0.5, 0.6) is 0 Å². The van der Waals surface area contributed by atoms with Crippen molar-refractivity contribution in [3.8, 4) is 0 Å². The molecular formula is C33H38N4O3. The largest absolute Gasteiger partial charge is 0.368 e. The van der Waals surface area contributed by atoms with Gasteiger partial charge in [-0.15, -0.1) is 0 Å². The molecule has 1 heterocycles. The number of aryl methyl sites for hydroxylation is 1. The summed E-state index contributed by atoms with van der Waals surface area (Å²) in [5, 5.41) is 2.97. The number of nitrogens with zero attached hydrogens (tertiary/aromatic N) is 3. The minimum absolute atomic E-state index is 0.0171. The van der Waals surface area contributed by atoms with E-state index in [2.05, 4.69) is 10.2 Å². The topological polar surface area (TPSA) is 73.0 Å². The van der Waals surface area contributed by atoms with Crippen molar-refractivity contribution >= 4 is 29.1 Å². The number of hydrogen-bond donors (Lipinski definition) is 1. The van der Waals surface area contributed by atoms with Gasteiger partial charge in [0.15, 0.2) is 0 Å². The first-order valence-electron chi connectivity index (χ1n) is 14.3. The normalized spacial score (nSPS) is 15.6. The zero-order chi connectivity index (χ0) is 27.9. The first kappa shape index (κ1) is 27.4.